The summed E-state index contributed by atoms with van der Waals surface area (Å²) in [7, 11) is 0. The Morgan fingerprint density at radius 2 is 1.95 bits per heavy atom. The lowest BCUT2D eigenvalue weighted by atomic mass is 10.2. The van der Waals surface area contributed by atoms with Gasteiger partial charge in [-0.2, -0.15) is 0 Å². The smallest absolute Gasteiger partial charge is 0.222 e. The molecule has 1 rings (SSSR count). The first-order valence-corrected chi connectivity index (χ1v) is 7.46. The fourth-order valence-electron chi connectivity index (χ4n) is 2.25. The van der Waals surface area contributed by atoms with E-state index in [0.717, 1.165) is 12.5 Å². The van der Waals surface area contributed by atoms with Gasteiger partial charge < -0.3 is 16.0 Å². The molecule has 0 heterocycles. The second-order valence-corrected chi connectivity index (χ2v) is 5.36. The van der Waals surface area contributed by atoms with Crippen LogP contribution in [0.2, 0.25) is 0 Å². The summed E-state index contributed by atoms with van der Waals surface area (Å²) >= 11 is 0. The van der Waals surface area contributed by atoms with Crippen molar-refractivity contribution in [1.29, 1.82) is 0 Å². The van der Waals surface area contributed by atoms with E-state index in [1.807, 2.05) is 13.8 Å². The van der Waals surface area contributed by atoms with Crippen LogP contribution in [-0.2, 0) is 4.79 Å². The number of hydrogen-bond acceptors (Lipinski definition) is 2. The first-order chi connectivity index (χ1) is 9.11. The van der Waals surface area contributed by atoms with Crippen LogP contribution in [0.4, 0.5) is 0 Å². The minimum absolute atomic E-state index is 0. The molecule has 0 bridgehead atoms. The second-order valence-electron chi connectivity index (χ2n) is 5.36. The molecule has 0 aromatic heterocycles. The SMILES string of the molecule is CCNC(=NCCC(=O)NC(C)C)NC1CCCC1.I. The molecule has 1 aliphatic rings. The molecule has 1 fully saturated rings. The summed E-state index contributed by atoms with van der Waals surface area (Å²) in [5.74, 6) is 0.905. The number of carbonyl (C=O) groups is 1. The minimum Gasteiger partial charge on any atom is -0.357 e. The Morgan fingerprint density at radius 3 is 2.50 bits per heavy atom. The van der Waals surface area contributed by atoms with Crippen LogP contribution in [0.5, 0.6) is 0 Å². The van der Waals surface area contributed by atoms with Gasteiger partial charge in [-0.15, -0.1) is 24.0 Å². The zero-order valence-electron chi connectivity index (χ0n) is 12.9. The maximum Gasteiger partial charge on any atom is 0.222 e. The Balaban J connectivity index is 0.00000361. The van der Waals surface area contributed by atoms with Gasteiger partial charge in [0.15, 0.2) is 5.96 Å². The lowest BCUT2D eigenvalue weighted by Crippen LogP contribution is -2.42. The molecule has 0 unspecified atom stereocenters. The number of amides is 1. The monoisotopic (exact) mass is 396 g/mol. The number of carbonyl (C=O) groups excluding carboxylic acids is 1. The molecule has 3 N–H and O–H groups in total. The van der Waals surface area contributed by atoms with E-state index < -0.39 is 0 Å². The molecule has 1 amide bonds. The predicted molar refractivity (Wildman–Crippen MR) is 94.7 cm³/mol. The van der Waals surface area contributed by atoms with Crippen LogP contribution in [0, 0.1) is 0 Å². The summed E-state index contributed by atoms with van der Waals surface area (Å²) in [4.78, 5) is 16.0. The quantitative estimate of drug-likeness (QED) is 0.366. The van der Waals surface area contributed by atoms with Crippen LogP contribution in [0.25, 0.3) is 0 Å². The van der Waals surface area contributed by atoms with E-state index in [4.69, 9.17) is 0 Å². The topological polar surface area (TPSA) is 65.5 Å². The molecule has 20 heavy (non-hydrogen) atoms. The third kappa shape index (κ3) is 8.60. The van der Waals surface area contributed by atoms with Crippen molar-refractivity contribution >= 4 is 35.8 Å². The van der Waals surface area contributed by atoms with Gasteiger partial charge in [0.1, 0.15) is 0 Å². The lowest BCUT2D eigenvalue weighted by Gasteiger charge is -2.16. The number of nitrogens with one attached hydrogen (secondary N) is 3. The van der Waals surface area contributed by atoms with Crippen LogP contribution in [0.3, 0.4) is 0 Å². The number of hydrogen-bond donors (Lipinski definition) is 3. The molecular weight excluding hydrogens is 367 g/mol. The van der Waals surface area contributed by atoms with Crippen molar-refractivity contribution < 1.29 is 4.79 Å². The molecule has 5 nitrogen and oxygen atoms in total. The molecule has 0 aliphatic heterocycles. The van der Waals surface area contributed by atoms with Gasteiger partial charge in [-0.1, -0.05) is 12.8 Å². The number of halogens is 1. The number of guanidine groups is 1. The summed E-state index contributed by atoms with van der Waals surface area (Å²) in [6, 6.07) is 0.739. The highest BCUT2D eigenvalue weighted by Gasteiger charge is 2.15. The summed E-state index contributed by atoms with van der Waals surface area (Å²) in [5.41, 5.74) is 0. The molecule has 118 valence electrons. The molecular formula is C14H29IN4O. The van der Waals surface area contributed by atoms with Crippen molar-refractivity contribution in [2.45, 2.75) is 65.0 Å². The molecule has 0 aromatic rings. The van der Waals surface area contributed by atoms with E-state index in [1.54, 1.807) is 0 Å². The van der Waals surface area contributed by atoms with Crippen molar-refractivity contribution in [3.05, 3.63) is 0 Å². The Labute approximate surface area is 139 Å². The third-order valence-electron chi connectivity index (χ3n) is 3.10. The first-order valence-electron chi connectivity index (χ1n) is 7.46. The fraction of sp³-hybridized carbons (Fsp3) is 0.857. The maximum atomic E-state index is 11.5. The fourth-order valence-corrected chi connectivity index (χ4v) is 2.25. The summed E-state index contributed by atoms with van der Waals surface area (Å²) in [5, 5.41) is 9.54. The van der Waals surface area contributed by atoms with Gasteiger partial charge in [0.25, 0.3) is 0 Å². The molecule has 0 spiro atoms. The van der Waals surface area contributed by atoms with Crippen LogP contribution in [-0.4, -0.2) is 37.0 Å². The normalized spacial score (nSPS) is 15.9. The Hall–Kier alpha value is -0.530. The standard InChI is InChI=1S/C14H28N4O.HI/c1-4-15-14(18-12-7-5-6-8-12)16-10-9-13(19)17-11(2)3;/h11-12H,4-10H2,1-3H3,(H,17,19)(H2,15,16,18);1H. The Bertz CT molecular complexity index is 302. The highest BCUT2D eigenvalue weighted by atomic mass is 127. The average Bonchev–Trinajstić information content (AvgIpc) is 2.81. The van der Waals surface area contributed by atoms with Gasteiger partial charge in [0.2, 0.25) is 5.91 Å². The third-order valence-corrected chi connectivity index (χ3v) is 3.10. The van der Waals surface area contributed by atoms with Gasteiger partial charge >= 0.3 is 0 Å². The van der Waals surface area contributed by atoms with Gasteiger partial charge in [0, 0.05) is 25.0 Å². The van der Waals surface area contributed by atoms with E-state index in [-0.39, 0.29) is 35.9 Å². The van der Waals surface area contributed by atoms with Crippen molar-refractivity contribution in [2.75, 3.05) is 13.1 Å². The highest BCUT2D eigenvalue weighted by molar-refractivity contribution is 14.0. The number of nitrogens with zero attached hydrogens (tertiary/aromatic N) is 1. The van der Waals surface area contributed by atoms with Gasteiger partial charge in [-0.25, -0.2) is 0 Å². The highest BCUT2D eigenvalue weighted by Crippen LogP contribution is 2.17. The Kier molecular flexibility index (Phi) is 10.9. The minimum atomic E-state index is 0. The molecule has 0 saturated heterocycles. The van der Waals surface area contributed by atoms with Crippen LogP contribution >= 0.6 is 24.0 Å². The molecule has 0 radical (unpaired) electrons. The van der Waals surface area contributed by atoms with Crippen LogP contribution in [0.1, 0.15) is 52.9 Å². The van der Waals surface area contributed by atoms with Gasteiger partial charge in [-0.3, -0.25) is 9.79 Å². The molecule has 0 aromatic carbocycles. The van der Waals surface area contributed by atoms with Crippen LogP contribution in [0.15, 0.2) is 4.99 Å². The maximum absolute atomic E-state index is 11.5. The largest absolute Gasteiger partial charge is 0.357 e. The lowest BCUT2D eigenvalue weighted by molar-refractivity contribution is -0.121. The zero-order valence-corrected chi connectivity index (χ0v) is 15.2. The molecule has 1 saturated carbocycles. The van der Waals surface area contributed by atoms with E-state index in [0.29, 0.717) is 19.0 Å². The van der Waals surface area contributed by atoms with E-state index in [9.17, 15) is 4.79 Å². The average molecular weight is 396 g/mol. The summed E-state index contributed by atoms with van der Waals surface area (Å²) < 4.78 is 0. The first kappa shape index (κ1) is 19.5. The van der Waals surface area contributed by atoms with Crippen molar-refractivity contribution in [2.24, 2.45) is 4.99 Å². The zero-order chi connectivity index (χ0) is 14.1. The molecule has 6 heteroatoms. The Morgan fingerprint density at radius 1 is 1.30 bits per heavy atom. The van der Waals surface area contributed by atoms with E-state index >= 15 is 0 Å². The van der Waals surface area contributed by atoms with Gasteiger partial charge in [-0.05, 0) is 33.6 Å². The van der Waals surface area contributed by atoms with E-state index in [1.165, 1.54) is 25.7 Å². The summed E-state index contributed by atoms with van der Waals surface area (Å²) in [6.07, 6.45) is 5.48. The van der Waals surface area contributed by atoms with Crippen molar-refractivity contribution in [3.63, 3.8) is 0 Å². The van der Waals surface area contributed by atoms with Gasteiger partial charge in [0.05, 0.1) is 6.54 Å². The van der Waals surface area contributed by atoms with Crippen molar-refractivity contribution in [1.82, 2.24) is 16.0 Å². The van der Waals surface area contributed by atoms with Crippen LogP contribution < -0.4 is 16.0 Å². The molecule has 1 aliphatic carbocycles. The summed E-state index contributed by atoms with van der Waals surface area (Å²) in [6.45, 7) is 7.36. The second kappa shape index (κ2) is 11.2. The number of rotatable bonds is 6. The molecule has 0 atom stereocenters. The van der Waals surface area contributed by atoms with E-state index in [2.05, 4.69) is 27.9 Å². The number of aliphatic imine (C=N–C) groups is 1. The predicted octanol–water partition coefficient (Wildman–Crippen LogP) is 2.02. The van der Waals surface area contributed by atoms with Crippen molar-refractivity contribution in [3.8, 4) is 0 Å².